The molecule has 1 fully saturated rings. The number of esters is 1. The Morgan fingerprint density at radius 3 is 2.55 bits per heavy atom. The average molecular weight is 342 g/mol. The van der Waals surface area contributed by atoms with Crippen molar-refractivity contribution < 1.29 is 14.6 Å². The summed E-state index contributed by atoms with van der Waals surface area (Å²) < 4.78 is 5.68. The van der Waals surface area contributed by atoms with Gasteiger partial charge in [0.15, 0.2) is 6.10 Å². The second-order valence-corrected chi connectivity index (χ2v) is 6.12. The fourth-order valence-corrected chi connectivity index (χ4v) is 2.85. The fraction of sp³-hybridized carbons (Fsp3) is 0.533. The number of likely N-dealkylation sites (tertiary alicyclic amines) is 1. The topological polar surface area (TPSA) is 49.8 Å². The summed E-state index contributed by atoms with van der Waals surface area (Å²) in [7, 11) is 1.31. The summed E-state index contributed by atoms with van der Waals surface area (Å²) >= 11 is 3.43. The van der Waals surface area contributed by atoms with Crippen LogP contribution in [-0.4, -0.2) is 42.3 Å². The largest absolute Gasteiger partial charge is 0.467 e. The molecular weight excluding hydrogens is 322 g/mol. The lowest BCUT2D eigenvalue weighted by Gasteiger charge is -2.33. The van der Waals surface area contributed by atoms with Gasteiger partial charge in [-0.15, -0.1) is 0 Å². The Morgan fingerprint density at radius 2 is 2.00 bits per heavy atom. The maximum Gasteiger partial charge on any atom is 0.334 e. The molecule has 0 saturated carbocycles. The Hall–Kier alpha value is -0.910. The Morgan fingerprint density at radius 1 is 1.40 bits per heavy atom. The van der Waals surface area contributed by atoms with E-state index in [0.29, 0.717) is 0 Å². The second-order valence-electron chi connectivity index (χ2n) is 5.21. The van der Waals surface area contributed by atoms with E-state index >= 15 is 0 Å². The molecule has 1 aliphatic rings. The third-order valence-corrected chi connectivity index (χ3v) is 4.37. The minimum absolute atomic E-state index is 0.0172. The molecular formula is C15H20BrNO3. The SMILES string of the molecule is COC(=O)C(O)C1CCN(Cc2ccc(Br)cc2)CC1. The highest BCUT2D eigenvalue weighted by atomic mass is 79.9. The van der Waals surface area contributed by atoms with E-state index in [1.54, 1.807) is 0 Å². The minimum Gasteiger partial charge on any atom is -0.467 e. The van der Waals surface area contributed by atoms with Gasteiger partial charge in [-0.05, 0) is 49.5 Å². The second kappa shape index (κ2) is 7.20. The van der Waals surface area contributed by atoms with Crippen LogP contribution in [0, 0.1) is 5.92 Å². The number of carbonyl (C=O) groups is 1. The van der Waals surface area contributed by atoms with Gasteiger partial charge in [-0.3, -0.25) is 4.90 Å². The van der Waals surface area contributed by atoms with Crippen LogP contribution in [0.2, 0.25) is 0 Å². The number of hydrogen-bond donors (Lipinski definition) is 1. The average Bonchev–Trinajstić information content (AvgIpc) is 2.49. The third-order valence-electron chi connectivity index (χ3n) is 3.84. The lowest BCUT2D eigenvalue weighted by Crippen LogP contribution is -2.40. The number of ether oxygens (including phenoxy) is 1. The number of piperidine rings is 1. The normalized spacial score (nSPS) is 18.8. The van der Waals surface area contributed by atoms with Crippen LogP contribution < -0.4 is 0 Å². The maximum absolute atomic E-state index is 11.3. The highest BCUT2D eigenvalue weighted by molar-refractivity contribution is 9.10. The molecule has 1 heterocycles. The molecule has 1 saturated heterocycles. The van der Waals surface area contributed by atoms with E-state index in [0.717, 1.165) is 36.9 Å². The number of methoxy groups -OCH3 is 1. The molecule has 110 valence electrons. The van der Waals surface area contributed by atoms with Gasteiger partial charge in [-0.2, -0.15) is 0 Å². The molecule has 1 aromatic carbocycles. The zero-order chi connectivity index (χ0) is 14.5. The Balaban J connectivity index is 1.82. The molecule has 0 spiro atoms. The molecule has 1 aliphatic heterocycles. The lowest BCUT2D eigenvalue weighted by molar-refractivity contribution is -0.154. The predicted octanol–water partition coefficient (Wildman–Crippen LogP) is 2.19. The molecule has 0 radical (unpaired) electrons. The molecule has 2 rings (SSSR count). The van der Waals surface area contributed by atoms with Gasteiger partial charge in [0.2, 0.25) is 0 Å². The number of carbonyl (C=O) groups excluding carboxylic acids is 1. The highest BCUT2D eigenvalue weighted by Crippen LogP contribution is 2.23. The molecule has 1 atom stereocenters. The maximum atomic E-state index is 11.3. The van der Waals surface area contributed by atoms with Crippen molar-refractivity contribution in [2.24, 2.45) is 5.92 Å². The van der Waals surface area contributed by atoms with Crippen LogP contribution in [0.4, 0.5) is 0 Å². The van der Waals surface area contributed by atoms with Gasteiger partial charge < -0.3 is 9.84 Å². The summed E-state index contributed by atoms with van der Waals surface area (Å²) in [6.45, 7) is 2.71. The van der Waals surface area contributed by atoms with E-state index < -0.39 is 12.1 Å². The number of benzene rings is 1. The van der Waals surface area contributed by atoms with E-state index in [1.807, 2.05) is 12.1 Å². The van der Waals surface area contributed by atoms with Crippen LogP contribution in [0.3, 0.4) is 0 Å². The first kappa shape index (κ1) is 15.5. The van der Waals surface area contributed by atoms with Crippen LogP contribution in [0.15, 0.2) is 28.7 Å². The molecule has 0 aliphatic carbocycles. The van der Waals surface area contributed by atoms with Gasteiger partial charge >= 0.3 is 5.97 Å². The van der Waals surface area contributed by atoms with Gasteiger partial charge in [0.25, 0.3) is 0 Å². The van der Waals surface area contributed by atoms with E-state index in [2.05, 4.69) is 37.7 Å². The minimum atomic E-state index is -0.977. The number of halogens is 1. The van der Waals surface area contributed by atoms with E-state index in [1.165, 1.54) is 12.7 Å². The molecule has 4 nitrogen and oxygen atoms in total. The van der Waals surface area contributed by atoms with Gasteiger partial charge in [-0.25, -0.2) is 4.79 Å². The van der Waals surface area contributed by atoms with Crippen molar-refractivity contribution in [2.45, 2.75) is 25.5 Å². The monoisotopic (exact) mass is 341 g/mol. The Labute approximate surface area is 127 Å². The highest BCUT2D eigenvalue weighted by Gasteiger charge is 2.30. The predicted molar refractivity (Wildman–Crippen MR) is 80.2 cm³/mol. The zero-order valence-corrected chi connectivity index (χ0v) is 13.2. The first-order valence-electron chi connectivity index (χ1n) is 6.83. The summed E-state index contributed by atoms with van der Waals surface area (Å²) in [5.74, 6) is -0.500. The van der Waals surface area contributed by atoms with Crippen LogP contribution in [-0.2, 0) is 16.1 Å². The third kappa shape index (κ3) is 4.04. The number of nitrogens with zero attached hydrogens (tertiary/aromatic N) is 1. The van der Waals surface area contributed by atoms with Crippen molar-refractivity contribution in [1.82, 2.24) is 4.90 Å². The van der Waals surface area contributed by atoms with E-state index in [4.69, 9.17) is 0 Å². The fourth-order valence-electron chi connectivity index (χ4n) is 2.59. The van der Waals surface area contributed by atoms with Crippen molar-refractivity contribution in [3.05, 3.63) is 34.3 Å². The molecule has 1 N–H and O–H groups in total. The molecule has 5 heteroatoms. The molecule has 1 unspecified atom stereocenters. The zero-order valence-electron chi connectivity index (χ0n) is 11.6. The van der Waals surface area contributed by atoms with Gasteiger partial charge in [0.1, 0.15) is 0 Å². The first-order valence-corrected chi connectivity index (χ1v) is 7.62. The van der Waals surface area contributed by atoms with Gasteiger partial charge in [0.05, 0.1) is 7.11 Å². The standard InChI is InChI=1S/C15H20BrNO3/c1-20-15(19)14(18)12-6-8-17(9-7-12)10-11-2-4-13(16)5-3-11/h2-5,12,14,18H,6-10H2,1H3. The van der Waals surface area contributed by atoms with Crippen molar-refractivity contribution in [1.29, 1.82) is 0 Å². The first-order chi connectivity index (χ1) is 9.60. The van der Waals surface area contributed by atoms with Crippen molar-refractivity contribution in [3.63, 3.8) is 0 Å². The Bertz CT molecular complexity index is 441. The summed E-state index contributed by atoms with van der Waals surface area (Å²) in [6, 6.07) is 8.31. The lowest BCUT2D eigenvalue weighted by atomic mass is 9.91. The van der Waals surface area contributed by atoms with Gasteiger partial charge in [0, 0.05) is 11.0 Å². The molecule has 0 amide bonds. The number of rotatable bonds is 4. The van der Waals surface area contributed by atoms with E-state index in [9.17, 15) is 9.90 Å². The molecule has 1 aromatic rings. The van der Waals surface area contributed by atoms with Crippen LogP contribution in [0.5, 0.6) is 0 Å². The van der Waals surface area contributed by atoms with Crippen LogP contribution in [0.1, 0.15) is 18.4 Å². The van der Waals surface area contributed by atoms with Crippen molar-refractivity contribution in [3.8, 4) is 0 Å². The molecule has 20 heavy (non-hydrogen) atoms. The quantitative estimate of drug-likeness (QED) is 0.853. The van der Waals surface area contributed by atoms with Crippen LogP contribution >= 0.6 is 15.9 Å². The van der Waals surface area contributed by atoms with Gasteiger partial charge in [-0.1, -0.05) is 28.1 Å². The number of hydrogen-bond acceptors (Lipinski definition) is 4. The number of aliphatic hydroxyl groups is 1. The summed E-state index contributed by atoms with van der Waals surface area (Å²) in [4.78, 5) is 13.7. The number of aliphatic hydroxyl groups excluding tert-OH is 1. The van der Waals surface area contributed by atoms with Crippen molar-refractivity contribution in [2.75, 3.05) is 20.2 Å². The summed E-state index contributed by atoms with van der Waals surface area (Å²) in [5, 5.41) is 9.85. The Kier molecular flexibility index (Phi) is 5.57. The van der Waals surface area contributed by atoms with E-state index in [-0.39, 0.29) is 5.92 Å². The molecule has 0 aromatic heterocycles. The summed E-state index contributed by atoms with van der Waals surface area (Å²) in [6.07, 6.45) is 0.675. The smallest absolute Gasteiger partial charge is 0.334 e. The van der Waals surface area contributed by atoms with Crippen molar-refractivity contribution >= 4 is 21.9 Å². The summed E-state index contributed by atoms with van der Waals surface area (Å²) in [5.41, 5.74) is 1.28. The van der Waals surface area contributed by atoms with Crippen LogP contribution in [0.25, 0.3) is 0 Å². The molecule has 0 bridgehead atoms.